The third kappa shape index (κ3) is 4.57. The van der Waals surface area contributed by atoms with Crippen molar-refractivity contribution >= 4 is 34.8 Å². The van der Waals surface area contributed by atoms with Crippen LogP contribution in [-0.2, 0) is 14.9 Å². The number of benzene rings is 2. The molecule has 1 saturated heterocycles. The molecule has 1 aliphatic heterocycles. The van der Waals surface area contributed by atoms with Gasteiger partial charge in [0, 0.05) is 49.1 Å². The molecule has 3 rings (SSSR count). The van der Waals surface area contributed by atoms with Crippen molar-refractivity contribution in [3.05, 3.63) is 64.1 Å². The number of carbonyl (C=O) groups is 1. The van der Waals surface area contributed by atoms with E-state index in [0.717, 1.165) is 17.8 Å². The normalized spacial score (nSPS) is 16.0. The minimum absolute atomic E-state index is 0.00326. The molecule has 0 aromatic heterocycles. The van der Waals surface area contributed by atoms with E-state index in [9.17, 15) is 4.79 Å². The minimum Gasteiger partial charge on any atom is -0.381 e. The number of amides is 1. The van der Waals surface area contributed by atoms with Gasteiger partial charge in [0.25, 0.3) is 0 Å². The number of rotatable bonds is 6. The summed E-state index contributed by atoms with van der Waals surface area (Å²) in [6, 6.07) is 15.5. The zero-order chi connectivity index (χ0) is 19.3. The quantitative estimate of drug-likeness (QED) is 0.777. The Morgan fingerprint density at radius 2 is 1.85 bits per heavy atom. The van der Waals surface area contributed by atoms with Gasteiger partial charge in [0.2, 0.25) is 5.91 Å². The predicted molar refractivity (Wildman–Crippen MR) is 111 cm³/mol. The standard InChI is InChI=1S/C21H24Cl2N2O2/c1-25(17-5-3-2-4-6-17)12-11-24-20(26)21(9-13-27-14-10-21)18-8-7-16(22)15-19(18)23/h2-8,15H,9-14H2,1H3,(H,24,26). The average Bonchev–Trinajstić information content (AvgIpc) is 2.69. The van der Waals surface area contributed by atoms with E-state index in [1.807, 2.05) is 31.3 Å². The number of halogens is 2. The van der Waals surface area contributed by atoms with Crippen molar-refractivity contribution in [2.45, 2.75) is 18.3 Å². The first kappa shape index (κ1) is 20.0. The molecule has 1 N–H and O–H groups in total. The van der Waals surface area contributed by atoms with Crippen LogP contribution in [0, 0.1) is 0 Å². The molecular weight excluding hydrogens is 383 g/mol. The van der Waals surface area contributed by atoms with E-state index < -0.39 is 5.41 Å². The summed E-state index contributed by atoms with van der Waals surface area (Å²) >= 11 is 12.5. The van der Waals surface area contributed by atoms with E-state index in [1.165, 1.54) is 0 Å². The summed E-state index contributed by atoms with van der Waals surface area (Å²) in [6.07, 6.45) is 1.21. The van der Waals surface area contributed by atoms with E-state index >= 15 is 0 Å². The molecule has 144 valence electrons. The Morgan fingerprint density at radius 1 is 1.15 bits per heavy atom. The fourth-order valence-corrected chi connectivity index (χ4v) is 4.12. The minimum atomic E-state index is -0.675. The number of para-hydroxylation sites is 1. The first-order chi connectivity index (χ1) is 13.0. The molecule has 0 atom stereocenters. The van der Waals surface area contributed by atoms with Crippen LogP contribution >= 0.6 is 23.2 Å². The second kappa shape index (κ2) is 8.96. The van der Waals surface area contributed by atoms with Crippen LogP contribution in [0.25, 0.3) is 0 Å². The van der Waals surface area contributed by atoms with Crippen LogP contribution < -0.4 is 10.2 Å². The lowest BCUT2D eigenvalue weighted by Gasteiger charge is -2.37. The van der Waals surface area contributed by atoms with E-state index in [-0.39, 0.29) is 5.91 Å². The van der Waals surface area contributed by atoms with Gasteiger partial charge in [-0.2, -0.15) is 0 Å². The Kier molecular flexibility index (Phi) is 6.64. The molecule has 1 amide bonds. The van der Waals surface area contributed by atoms with Crippen LogP contribution in [0.1, 0.15) is 18.4 Å². The number of carbonyl (C=O) groups excluding carboxylic acids is 1. The summed E-state index contributed by atoms with van der Waals surface area (Å²) in [5.74, 6) is -0.00326. The fraction of sp³-hybridized carbons (Fsp3) is 0.381. The number of ether oxygens (including phenoxy) is 1. The Balaban J connectivity index is 1.71. The van der Waals surface area contributed by atoms with Crippen molar-refractivity contribution in [2.75, 3.05) is 38.3 Å². The molecule has 2 aromatic rings. The molecule has 0 radical (unpaired) electrons. The predicted octanol–water partition coefficient (Wildman–Crippen LogP) is 4.29. The van der Waals surface area contributed by atoms with Gasteiger partial charge in [0.05, 0.1) is 5.41 Å². The summed E-state index contributed by atoms with van der Waals surface area (Å²) in [6.45, 7) is 2.35. The lowest BCUT2D eigenvalue weighted by atomic mass is 9.73. The molecule has 27 heavy (non-hydrogen) atoms. The van der Waals surface area contributed by atoms with Gasteiger partial charge < -0.3 is 15.0 Å². The number of anilines is 1. The van der Waals surface area contributed by atoms with Crippen molar-refractivity contribution in [1.29, 1.82) is 0 Å². The molecular formula is C21H24Cl2N2O2. The van der Waals surface area contributed by atoms with Crippen LogP contribution in [0.15, 0.2) is 48.5 Å². The van der Waals surface area contributed by atoms with Gasteiger partial charge in [-0.3, -0.25) is 4.79 Å². The molecule has 2 aromatic carbocycles. The fourth-order valence-electron chi connectivity index (χ4n) is 3.53. The number of hydrogen-bond acceptors (Lipinski definition) is 3. The summed E-state index contributed by atoms with van der Waals surface area (Å²) in [5.41, 5.74) is 1.27. The first-order valence-corrected chi connectivity index (χ1v) is 9.86. The van der Waals surface area contributed by atoms with E-state index in [4.69, 9.17) is 27.9 Å². The maximum absolute atomic E-state index is 13.2. The smallest absolute Gasteiger partial charge is 0.230 e. The summed E-state index contributed by atoms with van der Waals surface area (Å²) in [5, 5.41) is 4.20. The molecule has 1 aliphatic rings. The van der Waals surface area contributed by atoms with Crippen LogP contribution in [0.2, 0.25) is 10.0 Å². The largest absolute Gasteiger partial charge is 0.381 e. The topological polar surface area (TPSA) is 41.6 Å². The number of nitrogens with zero attached hydrogens (tertiary/aromatic N) is 1. The summed E-state index contributed by atoms with van der Waals surface area (Å²) < 4.78 is 5.50. The van der Waals surface area contributed by atoms with Crippen molar-refractivity contribution < 1.29 is 9.53 Å². The molecule has 0 spiro atoms. The summed E-state index contributed by atoms with van der Waals surface area (Å²) in [7, 11) is 2.02. The Morgan fingerprint density at radius 3 is 2.52 bits per heavy atom. The van der Waals surface area contributed by atoms with Crippen LogP contribution in [0.3, 0.4) is 0 Å². The maximum Gasteiger partial charge on any atom is 0.230 e. The second-order valence-corrected chi connectivity index (χ2v) is 7.68. The van der Waals surface area contributed by atoms with Crippen molar-refractivity contribution in [2.24, 2.45) is 0 Å². The highest BCUT2D eigenvalue weighted by atomic mass is 35.5. The van der Waals surface area contributed by atoms with Crippen molar-refractivity contribution in [1.82, 2.24) is 5.32 Å². The van der Waals surface area contributed by atoms with Crippen molar-refractivity contribution in [3.8, 4) is 0 Å². The second-order valence-electron chi connectivity index (χ2n) is 6.83. The number of likely N-dealkylation sites (N-methyl/N-ethyl adjacent to an activating group) is 1. The third-order valence-corrected chi connectivity index (χ3v) is 5.71. The van der Waals surface area contributed by atoms with Crippen LogP contribution in [-0.4, -0.2) is 39.3 Å². The zero-order valence-corrected chi connectivity index (χ0v) is 16.9. The summed E-state index contributed by atoms with van der Waals surface area (Å²) in [4.78, 5) is 15.3. The Bertz CT molecular complexity index is 777. The van der Waals surface area contributed by atoms with Gasteiger partial charge in [0.15, 0.2) is 0 Å². The zero-order valence-electron chi connectivity index (χ0n) is 15.4. The maximum atomic E-state index is 13.2. The third-order valence-electron chi connectivity index (χ3n) is 5.16. The van der Waals surface area contributed by atoms with Gasteiger partial charge in [-0.1, -0.05) is 47.5 Å². The molecule has 0 bridgehead atoms. The number of hydrogen-bond donors (Lipinski definition) is 1. The highest BCUT2D eigenvalue weighted by Crippen LogP contribution is 2.39. The first-order valence-electron chi connectivity index (χ1n) is 9.11. The molecule has 1 fully saturated rings. The van der Waals surface area contributed by atoms with E-state index in [2.05, 4.69) is 22.3 Å². The highest BCUT2D eigenvalue weighted by molar-refractivity contribution is 6.35. The SMILES string of the molecule is CN(CCNC(=O)C1(c2ccc(Cl)cc2Cl)CCOCC1)c1ccccc1. The van der Waals surface area contributed by atoms with Gasteiger partial charge in [-0.05, 0) is 42.7 Å². The van der Waals surface area contributed by atoms with Gasteiger partial charge in [-0.25, -0.2) is 0 Å². The van der Waals surface area contributed by atoms with Crippen LogP contribution in [0.5, 0.6) is 0 Å². The van der Waals surface area contributed by atoms with Crippen LogP contribution in [0.4, 0.5) is 5.69 Å². The lowest BCUT2D eigenvalue weighted by Crippen LogP contribution is -2.49. The molecule has 0 saturated carbocycles. The molecule has 4 nitrogen and oxygen atoms in total. The lowest BCUT2D eigenvalue weighted by molar-refractivity contribution is -0.130. The molecule has 6 heteroatoms. The number of nitrogens with one attached hydrogen (secondary N) is 1. The molecule has 0 aliphatic carbocycles. The van der Waals surface area contributed by atoms with E-state index in [1.54, 1.807) is 12.1 Å². The Labute approximate surface area is 170 Å². The van der Waals surface area contributed by atoms with E-state index in [0.29, 0.717) is 42.6 Å². The Hall–Kier alpha value is -1.75. The van der Waals surface area contributed by atoms with Gasteiger partial charge in [-0.15, -0.1) is 0 Å². The molecule has 0 unspecified atom stereocenters. The van der Waals surface area contributed by atoms with Gasteiger partial charge >= 0.3 is 0 Å². The average molecular weight is 407 g/mol. The monoisotopic (exact) mass is 406 g/mol. The molecule has 1 heterocycles. The van der Waals surface area contributed by atoms with Crippen molar-refractivity contribution in [3.63, 3.8) is 0 Å². The van der Waals surface area contributed by atoms with Gasteiger partial charge in [0.1, 0.15) is 0 Å². The highest BCUT2D eigenvalue weighted by Gasteiger charge is 2.42.